The molecule has 1 aliphatic rings. The van der Waals surface area contributed by atoms with Crippen LogP contribution in [-0.2, 0) is 4.84 Å². The normalized spacial score (nSPS) is 13.0. The molecule has 0 amide bonds. The average molecular weight is 527 g/mol. The summed E-state index contributed by atoms with van der Waals surface area (Å²) in [5.74, 6) is 0. The van der Waals surface area contributed by atoms with Gasteiger partial charge in [-0.3, -0.25) is 19.9 Å². The Morgan fingerprint density at radius 3 is 2.00 bits per heavy atom. The Morgan fingerprint density at radius 2 is 1.49 bits per heavy atom. The van der Waals surface area contributed by atoms with Crippen LogP contribution in [0.2, 0.25) is 0 Å². The van der Waals surface area contributed by atoms with Gasteiger partial charge in [-0.25, -0.2) is 11.9 Å². The quantitative estimate of drug-likeness (QED) is 0.184. The number of rotatable bonds is 4. The molecule has 4 aromatic rings. The first kappa shape index (κ1) is 31.6. The maximum absolute atomic E-state index is 8.06. The Kier molecular flexibility index (Phi) is 16.8. The molecule has 9 nitrogen and oxygen atoms in total. The first-order chi connectivity index (χ1) is 17.8. The van der Waals surface area contributed by atoms with Gasteiger partial charge in [-0.1, -0.05) is 29.0 Å². The molecular weight excluding hydrogens is 503 g/mol. The molecule has 1 unspecified atom stereocenters. The Balaban J connectivity index is 0.000000292. The van der Waals surface area contributed by atoms with Crippen molar-refractivity contribution in [2.45, 2.75) is 12.5 Å². The molecule has 0 aliphatic carbocycles. The molecule has 5 heterocycles. The topological polar surface area (TPSA) is 129 Å². The van der Waals surface area contributed by atoms with Gasteiger partial charge < -0.3 is 14.7 Å². The molecule has 0 radical (unpaired) electrons. The summed E-state index contributed by atoms with van der Waals surface area (Å²) in [6, 6.07) is 15.2. The largest absolute Gasteiger partial charge is 1.00 e. The number of oxime groups is 2. The zero-order chi connectivity index (χ0) is 25.8. The summed E-state index contributed by atoms with van der Waals surface area (Å²) >= 11 is 3.39. The van der Waals surface area contributed by atoms with Crippen molar-refractivity contribution >= 4 is 29.9 Å². The van der Waals surface area contributed by atoms with Crippen molar-refractivity contribution in [1.82, 2.24) is 19.9 Å². The summed E-state index contributed by atoms with van der Waals surface area (Å²) in [6.07, 6.45) is 17.7. The molecule has 1 atom stereocenters. The second-order valence-corrected chi connectivity index (χ2v) is 6.87. The minimum Gasteiger partial charge on any atom is -0.769 e. The van der Waals surface area contributed by atoms with E-state index in [-0.39, 0.29) is 35.7 Å². The fraction of sp³-hybridized carbons (Fsp3) is 0.0769. The van der Waals surface area contributed by atoms with Crippen molar-refractivity contribution < 1.29 is 44.3 Å². The maximum atomic E-state index is 8.06. The van der Waals surface area contributed by atoms with Gasteiger partial charge in [-0.15, -0.1) is 0 Å². The van der Waals surface area contributed by atoms with Gasteiger partial charge in [0.1, 0.15) is 0 Å². The molecule has 0 spiro atoms. The van der Waals surface area contributed by atoms with Crippen molar-refractivity contribution in [1.29, 1.82) is 0 Å². The van der Waals surface area contributed by atoms with Crippen LogP contribution in [0.25, 0.3) is 6.08 Å². The molecule has 0 bridgehead atoms. The van der Waals surface area contributed by atoms with E-state index in [2.05, 4.69) is 48.7 Å². The van der Waals surface area contributed by atoms with Crippen molar-refractivity contribution in [2.75, 3.05) is 0 Å². The number of aromatic nitrogens is 4. The molecule has 1 N–H and O–H groups in total. The number of hydrogen-bond acceptors (Lipinski definition) is 9. The molecule has 0 fully saturated rings. The minimum absolute atomic E-state index is 0. The monoisotopic (exact) mass is 526 g/mol. The summed E-state index contributed by atoms with van der Waals surface area (Å²) in [6.45, 7) is 3.60. The average Bonchev–Trinajstić information content (AvgIpc) is 3.48. The number of nitrogens with zero attached hydrogens (tertiary/aromatic N) is 6. The summed E-state index contributed by atoms with van der Waals surface area (Å²) in [5.41, 5.74) is 4.96. The third kappa shape index (κ3) is 11.9. The van der Waals surface area contributed by atoms with Gasteiger partial charge in [0.15, 0.2) is 6.10 Å². The van der Waals surface area contributed by atoms with Crippen LogP contribution in [-0.4, -0.2) is 37.1 Å². The van der Waals surface area contributed by atoms with E-state index in [1.807, 2.05) is 36.4 Å². The summed E-state index contributed by atoms with van der Waals surface area (Å²) in [4.78, 5) is 21.2. The van der Waals surface area contributed by atoms with E-state index >= 15 is 0 Å². The molecular formula is C26H24ClN6NaO3. The van der Waals surface area contributed by atoms with Crippen LogP contribution in [0.1, 0.15) is 34.8 Å². The SMILES string of the molecule is C=Cc1ccncc1.O/N=C/c1cccnc1.[Na+].[O-]Cl.c1cncc(C2=NOC(c3ccncc3)C2)c1. The summed E-state index contributed by atoms with van der Waals surface area (Å²) in [7, 11) is 0. The van der Waals surface area contributed by atoms with Crippen molar-refractivity contribution in [3.8, 4) is 0 Å². The molecule has 37 heavy (non-hydrogen) atoms. The van der Waals surface area contributed by atoms with Crippen LogP contribution in [0.5, 0.6) is 0 Å². The number of hydrogen-bond donors (Lipinski definition) is 1. The first-order valence-corrected chi connectivity index (χ1v) is 10.9. The molecule has 0 aromatic carbocycles. The third-order valence-corrected chi connectivity index (χ3v) is 4.57. The summed E-state index contributed by atoms with van der Waals surface area (Å²) in [5, 5.41) is 15.0. The molecule has 5 rings (SSSR count). The van der Waals surface area contributed by atoms with E-state index in [1.165, 1.54) is 6.21 Å². The van der Waals surface area contributed by atoms with E-state index in [0.717, 1.165) is 34.4 Å². The Labute approximate surface area is 242 Å². The fourth-order valence-corrected chi connectivity index (χ4v) is 2.86. The van der Waals surface area contributed by atoms with E-state index in [9.17, 15) is 0 Å². The third-order valence-electron chi connectivity index (χ3n) is 4.57. The van der Waals surface area contributed by atoms with Gasteiger partial charge >= 0.3 is 29.6 Å². The van der Waals surface area contributed by atoms with Gasteiger partial charge in [0, 0.05) is 67.1 Å². The second kappa shape index (κ2) is 19.7. The van der Waals surface area contributed by atoms with Crippen LogP contribution in [0.15, 0.2) is 115 Å². The Bertz CT molecular complexity index is 1190. The standard InChI is InChI=1S/C13H11N3O.C7H7N.C6H6N2O.ClO.Na/c1-2-11(9-15-5-1)12-8-13(17-16-12)10-3-6-14-7-4-10;1-2-7-3-5-8-6-4-7;9-8-5-6-2-1-3-7-4-6;1-2;/h1-7,9,13H,8H2;2-6H,1H2;1-5,9H;;/q;;;-1;+1/b;;8-5+;;. The maximum Gasteiger partial charge on any atom is 1.00 e. The van der Waals surface area contributed by atoms with Crippen LogP contribution in [0, 0.1) is 0 Å². The van der Waals surface area contributed by atoms with Gasteiger partial charge in [0.2, 0.25) is 0 Å². The van der Waals surface area contributed by atoms with Crippen LogP contribution in [0.4, 0.5) is 0 Å². The van der Waals surface area contributed by atoms with Crippen molar-refractivity contribution in [3.63, 3.8) is 0 Å². The van der Waals surface area contributed by atoms with Crippen molar-refractivity contribution in [2.24, 2.45) is 10.3 Å². The van der Waals surface area contributed by atoms with E-state index in [1.54, 1.807) is 67.8 Å². The molecule has 11 heteroatoms. The Morgan fingerprint density at radius 1 is 0.865 bits per heavy atom. The van der Waals surface area contributed by atoms with Crippen LogP contribution >= 0.6 is 11.9 Å². The molecule has 0 saturated carbocycles. The van der Waals surface area contributed by atoms with Crippen LogP contribution in [0.3, 0.4) is 0 Å². The number of pyridine rings is 4. The zero-order valence-corrected chi connectivity index (χ0v) is 23.0. The first-order valence-electron chi connectivity index (χ1n) is 10.6. The molecule has 4 aromatic heterocycles. The van der Waals surface area contributed by atoms with Gasteiger partial charge in [-0.2, -0.15) is 0 Å². The zero-order valence-electron chi connectivity index (χ0n) is 20.2. The van der Waals surface area contributed by atoms with Gasteiger partial charge in [-0.05, 0) is 53.6 Å². The van der Waals surface area contributed by atoms with E-state index in [0.29, 0.717) is 0 Å². The molecule has 184 valence electrons. The molecule has 1 aliphatic heterocycles. The summed E-state index contributed by atoms with van der Waals surface area (Å²) < 4.78 is 7.72. The van der Waals surface area contributed by atoms with Gasteiger partial charge in [0.25, 0.3) is 0 Å². The van der Waals surface area contributed by atoms with E-state index < -0.39 is 0 Å². The number of halogens is 1. The van der Waals surface area contributed by atoms with Gasteiger partial charge in [0.05, 0.1) is 11.9 Å². The fourth-order valence-electron chi connectivity index (χ4n) is 2.86. The minimum atomic E-state index is -0.00629. The van der Waals surface area contributed by atoms with E-state index in [4.69, 9.17) is 14.7 Å². The Hall–Kier alpha value is -3.47. The van der Waals surface area contributed by atoms with Crippen LogP contribution < -0.4 is 34.2 Å². The molecule has 0 saturated heterocycles. The predicted octanol–water partition coefficient (Wildman–Crippen LogP) is 1.46. The van der Waals surface area contributed by atoms with Crippen molar-refractivity contribution in [3.05, 3.63) is 127 Å². The second-order valence-electron chi connectivity index (χ2n) is 6.87. The smallest absolute Gasteiger partial charge is 0.769 e. The predicted molar refractivity (Wildman–Crippen MR) is 137 cm³/mol.